The third-order valence-corrected chi connectivity index (χ3v) is 4.53. The third-order valence-electron chi connectivity index (χ3n) is 4.53. The van der Waals surface area contributed by atoms with Crippen molar-refractivity contribution in [3.63, 3.8) is 0 Å². The van der Waals surface area contributed by atoms with Crippen LogP contribution < -0.4 is 5.32 Å². The van der Waals surface area contributed by atoms with Gasteiger partial charge < -0.3 is 18.9 Å². The number of rotatable bonds is 9. The maximum Gasteiger partial charge on any atom is 0.255 e. The molecule has 154 valence electrons. The predicted octanol–water partition coefficient (Wildman–Crippen LogP) is 4.37. The SMILES string of the molecule is Cc1ccc(-c2nn(-c3ccccc3)cc2C(=O)NCCCOCc2ccco2)o1. The van der Waals surface area contributed by atoms with E-state index in [9.17, 15) is 4.79 Å². The summed E-state index contributed by atoms with van der Waals surface area (Å²) in [5.74, 6) is 1.91. The molecule has 0 aliphatic carbocycles. The minimum absolute atomic E-state index is 0.202. The maximum absolute atomic E-state index is 12.8. The van der Waals surface area contributed by atoms with E-state index in [4.69, 9.17) is 13.6 Å². The van der Waals surface area contributed by atoms with Crippen molar-refractivity contribution < 1.29 is 18.4 Å². The first-order valence-electron chi connectivity index (χ1n) is 9.81. The molecule has 0 aliphatic heterocycles. The minimum Gasteiger partial charge on any atom is -0.467 e. The molecule has 0 unspecified atom stereocenters. The van der Waals surface area contributed by atoms with Crippen LogP contribution in [0.2, 0.25) is 0 Å². The molecule has 0 bridgehead atoms. The predicted molar refractivity (Wildman–Crippen MR) is 111 cm³/mol. The van der Waals surface area contributed by atoms with Crippen LogP contribution in [0.25, 0.3) is 17.1 Å². The molecule has 4 rings (SSSR count). The van der Waals surface area contributed by atoms with E-state index in [-0.39, 0.29) is 5.91 Å². The smallest absolute Gasteiger partial charge is 0.255 e. The van der Waals surface area contributed by atoms with Gasteiger partial charge in [0.25, 0.3) is 5.91 Å². The first-order chi connectivity index (χ1) is 14.7. The summed E-state index contributed by atoms with van der Waals surface area (Å²) >= 11 is 0. The van der Waals surface area contributed by atoms with E-state index in [1.165, 1.54) is 0 Å². The first kappa shape index (κ1) is 19.7. The quantitative estimate of drug-likeness (QED) is 0.418. The standard InChI is InChI=1S/C23H23N3O4/c1-17-10-11-21(30-17)22-20(15-26(25-22)18-7-3-2-4-8-18)23(27)24-12-6-13-28-16-19-9-5-14-29-19/h2-5,7-11,14-15H,6,12-13,16H2,1H3,(H,24,27). The minimum atomic E-state index is -0.202. The summed E-state index contributed by atoms with van der Waals surface area (Å²) in [7, 11) is 0. The molecule has 0 fully saturated rings. The highest BCUT2D eigenvalue weighted by molar-refractivity contribution is 5.99. The second kappa shape index (κ2) is 9.28. The Morgan fingerprint density at radius 2 is 2.00 bits per heavy atom. The lowest BCUT2D eigenvalue weighted by Gasteiger charge is -2.05. The van der Waals surface area contributed by atoms with Crippen LogP contribution in [-0.2, 0) is 11.3 Å². The second-order valence-corrected chi connectivity index (χ2v) is 6.82. The van der Waals surface area contributed by atoms with Gasteiger partial charge in [0, 0.05) is 19.3 Å². The average Bonchev–Trinajstić information content (AvgIpc) is 3.51. The van der Waals surface area contributed by atoms with Gasteiger partial charge >= 0.3 is 0 Å². The summed E-state index contributed by atoms with van der Waals surface area (Å²) in [5, 5.41) is 7.54. The lowest BCUT2D eigenvalue weighted by atomic mass is 10.2. The fourth-order valence-electron chi connectivity index (χ4n) is 3.04. The number of para-hydroxylation sites is 1. The number of furan rings is 2. The van der Waals surface area contributed by atoms with Crippen molar-refractivity contribution in [2.75, 3.05) is 13.2 Å². The molecule has 1 aromatic carbocycles. The van der Waals surface area contributed by atoms with E-state index in [0.29, 0.717) is 43.2 Å². The number of hydrogen-bond acceptors (Lipinski definition) is 5. The zero-order valence-electron chi connectivity index (χ0n) is 16.7. The Bertz CT molecular complexity index is 1080. The van der Waals surface area contributed by atoms with Crippen LogP contribution in [0.15, 0.2) is 75.9 Å². The summed E-state index contributed by atoms with van der Waals surface area (Å²) in [4.78, 5) is 12.8. The molecule has 0 atom stereocenters. The van der Waals surface area contributed by atoms with Gasteiger partial charge in [-0.1, -0.05) is 18.2 Å². The van der Waals surface area contributed by atoms with Crippen LogP contribution >= 0.6 is 0 Å². The lowest BCUT2D eigenvalue weighted by molar-refractivity contribution is 0.0917. The molecule has 1 N–H and O–H groups in total. The number of carbonyl (C=O) groups excluding carboxylic acids is 1. The molecule has 7 nitrogen and oxygen atoms in total. The van der Waals surface area contributed by atoms with Gasteiger partial charge in [0.2, 0.25) is 0 Å². The Kier molecular flexibility index (Phi) is 6.10. The lowest BCUT2D eigenvalue weighted by Crippen LogP contribution is -2.25. The van der Waals surface area contributed by atoms with Crippen molar-refractivity contribution in [2.45, 2.75) is 20.0 Å². The third kappa shape index (κ3) is 4.69. The molecule has 1 amide bonds. The van der Waals surface area contributed by atoms with E-state index in [0.717, 1.165) is 17.2 Å². The van der Waals surface area contributed by atoms with E-state index in [1.54, 1.807) is 17.1 Å². The number of hydrogen-bond donors (Lipinski definition) is 1. The number of ether oxygens (including phenoxy) is 1. The van der Waals surface area contributed by atoms with Gasteiger partial charge in [-0.05, 0) is 49.7 Å². The van der Waals surface area contributed by atoms with Crippen molar-refractivity contribution >= 4 is 5.91 Å². The zero-order valence-corrected chi connectivity index (χ0v) is 16.7. The highest BCUT2D eigenvalue weighted by Gasteiger charge is 2.20. The van der Waals surface area contributed by atoms with Crippen LogP contribution in [0, 0.1) is 6.92 Å². The van der Waals surface area contributed by atoms with Crippen LogP contribution in [0.5, 0.6) is 0 Å². The monoisotopic (exact) mass is 405 g/mol. The van der Waals surface area contributed by atoms with E-state index in [1.807, 2.05) is 61.5 Å². The summed E-state index contributed by atoms with van der Waals surface area (Å²) in [6.45, 7) is 3.30. The molecule has 4 aromatic rings. The van der Waals surface area contributed by atoms with Gasteiger partial charge in [-0.2, -0.15) is 5.10 Å². The van der Waals surface area contributed by atoms with Gasteiger partial charge in [0.05, 0.1) is 17.5 Å². The number of benzene rings is 1. The van der Waals surface area contributed by atoms with Crippen molar-refractivity contribution in [3.05, 3.63) is 84.1 Å². The number of aromatic nitrogens is 2. The Morgan fingerprint density at radius 1 is 1.13 bits per heavy atom. The molecule has 0 radical (unpaired) electrons. The largest absolute Gasteiger partial charge is 0.467 e. The van der Waals surface area contributed by atoms with E-state index in [2.05, 4.69) is 10.4 Å². The van der Waals surface area contributed by atoms with Crippen molar-refractivity contribution in [1.82, 2.24) is 15.1 Å². The summed E-state index contributed by atoms with van der Waals surface area (Å²) in [6, 6.07) is 17.0. The van der Waals surface area contributed by atoms with Crippen LogP contribution in [0.3, 0.4) is 0 Å². The number of aryl methyl sites for hydroxylation is 1. The molecular formula is C23H23N3O4. The maximum atomic E-state index is 12.8. The average molecular weight is 405 g/mol. The summed E-state index contributed by atoms with van der Waals surface area (Å²) < 4.78 is 18.2. The normalized spacial score (nSPS) is 11.0. The van der Waals surface area contributed by atoms with Crippen LogP contribution in [0.4, 0.5) is 0 Å². The Hall–Kier alpha value is -3.58. The van der Waals surface area contributed by atoms with Crippen LogP contribution in [0.1, 0.15) is 28.3 Å². The van der Waals surface area contributed by atoms with Crippen molar-refractivity contribution in [1.29, 1.82) is 0 Å². The fraction of sp³-hybridized carbons (Fsp3) is 0.217. The molecular weight excluding hydrogens is 382 g/mol. The number of carbonyl (C=O) groups is 1. The molecule has 30 heavy (non-hydrogen) atoms. The highest BCUT2D eigenvalue weighted by atomic mass is 16.5. The Labute approximate surface area is 174 Å². The number of nitrogens with zero attached hydrogens (tertiary/aromatic N) is 2. The van der Waals surface area contributed by atoms with Gasteiger partial charge in [-0.15, -0.1) is 0 Å². The van der Waals surface area contributed by atoms with E-state index < -0.39 is 0 Å². The molecule has 0 spiro atoms. The molecule has 7 heteroatoms. The summed E-state index contributed by atoms with van der Waals surface area (Å²) in [5.41, 5.74) is 1.84. The van der Waals surface area contributed by atoms with Gasteiger partial charge in [-0.3, -0.25) is 4.79 Å². The van der Waals surface area contributed by atoms with Gasteiger partial charge in [-0.25, -0.2) is 4.68 Å². The fourth-order valence-corrected chi connectivity index (χ4v) is 3.04. The molecule has 3 aromatic heterocycles. The summed E-state index contributed by atoms with van der Waals surface area (Å²) in [6.07, 6.45) is 4.03. The van der Waals surface area contributed by atoms with Gasteiger partial charge in [0.15, 0.2) is 5.76 Å². The Balaban J connectivity index is 1.41. The Morgan fingerprint density at radius 3 is 2.73 bits per heavy atom. The van der Waals surface area contributed by atoms with E-state index >= 15 is 0 Å². The molecule has 0 saturated heterocycles. The van der Waals surface area contributed by atoms with Crippen molar-refractivity contribution in [2.24, 2.45) is 0 Å². The molecule has 3 heterocycles. The number of amides is 1. The molecule has 0 aliphatic rings. The second-order valence-electron chi connectivity index (χ2n) is 6.82. The zero-order chi connectivity index (χ0) is 20.8. The highest BCUT2D eigenvalue weighted by Crippen LogP contribution is 2.25. The van der Waals surface area contributed by atoms with Crippen LogP contribution in [-0.4, -0.2) is 28.8 Å². The first-order valence-corrected chi connectivity index (χ1v) is 9.81. The molecule has 0 saturated carbocycles. The van der Waals surface area contributed by atoms with Gasteiger partial charge in [0.1, 0.15) is 23.8 Å². The number of nitrogens with one attached hydrogen (secondary N) is 1. The topological polar surface area (TPSA) is 82.4 Å². The van der Waals surface area contributed by atoms with Crippen molar-refractivity contribution in [3.8, 4) is 17.1 Å².